The maximum absolute atomic E-state index is 14.4. The summed E-state index contributed by atoms with van der Waals surface area (Å²) in [5.74, 6) is -1.24. The number of aliphatic hydroxyl groups excluding tert-OH is 1. The normalized spacial score (nSPS) is 20.6. The Morgan fingerprint density at radius 1 is 1.00 bits per heavy atom. The molecule has 0 saturated heterocycles. The van der Waals surface area contributed by atoms with Gasteiger partial charge in [-0.05, 0) is 94.6 Å². The van der Waals surface area contributed by atoms with Crippen molar-refractivity contribution in [3.8, 4) is 5.75 Å². The molecule has 14 heteroatoms. The van der Waals surface area contributed by atoms with E-state index in [1.165, 1.54) is 34.5 Å². The maximum atomic E-state index is 14.4. The number of hydrogen-bond donors (Lipinski definition) is 2. The molecule has 4 rings (SSSR count). The molecule has 268 valence electrons. The first-order chi connectivity index (χ1) is 23.1. The van der Waals surface area contributed by atoms with E-state index in [0.717, 1.165) is 36.2 Å². The van der Waals surface area contributed by atoms with Crippen molar-refractivity contribution in [2.45, 2.75) is 75.0 Å². The van der Waals surface area contributed by atoms with E-state index in [9.17, 15) is 31.1 Å². The van der Waals surface area contributed by atoms with Gasteiger partial charge in [-0.3, -0.25) is 9.52 Å². The highest BCUT2D eigenvalue weighted by Crippen LogP contribution is 2.30. The third kappa shape index (κ3) is 9.79. The van der Waals surface area contributed by atoms with E-state index in [0.29, 0.717) is 19.4 Å². The zero-order valence-electron chi connectivity index (χ0n) is 28.5. The van der Waals surface area contributed by atoms with Gasteiger partial charge in [0.25, 0.3) is 15.9 Å². The second kappa shape index (κ2) is 16.4. The van der Waals surface area contributed by atoms with Crippen LogP contribution in [0.25, 0.3) is 0 Å². The summed E-state index contributed by atoms with van der Waals surface area (Å²) < 4.78 is 82.8. The van der Waals surface area contributed by atoms with Gasteiger partial charge in [0, 0.05) is 38.3 Å². The van der Waals surface area contributed by atoms with Gasteiger partial charge in [-0.15, -0.1) is 0 Å². The molecule has 3 aromatic rings. The van der Waals surface area contributed by atoms with Crippen LogP contribution in [-0.4, -0.2) is 88.7 Å². The van der Waals surface area contributed by atoms with Crippen LogP contribution >= 0.6 is 0 Å². The van der Waals surface area contributed by atoms with Crippen LogP contribution in [0.5, 0.6) is 5.75 Å². The molecule has 0 bridgehead atoms. The quantitative estimate of drug-likeness (QED) is 0.313. The monoisotopic (exact) mass is 719 g/mol. The summed E-state index contributed by atoms with van der Waals surface area (Å²) in [5.41, 5.74) is 1.10. The minimum atomic E-state index is -4.12. The van der Waals surface area contributed by atoms with E-state index in [2.05, 4.69) is 4.72 Å². The third-order valence-electron chi connectivity index (χ3n) is 8.59. The van der Waals surface area contributed by atoms with Gasteiger partial charge in [0.05, 0.1) is 40.2 Å². The number of carbonyl (C=O) groups excluding carboxylic acids is 1. The van der Waals surface area contributed by atoms with Gasteiger partial charge in [-0.1, -0.05) is 24.6 Å². The number of amides is 1. The Hall–Kier alpha value is -3.56. The van der Waals surface area contributed by atoms with E-state index in [1.54, 1.807) is 31.2 Å². The van der Waals surface area contributed by atoms with Crippen LogP contribution in [0.15, 0.2) is 76.5 Å². The van der Waals surface area contributed by atoms with Crippen molar-refractivity contribution < 1.29 is 40.6 Å². The first-order valence-electron chi connectivity index (χ1n) is 16.3. The lowest BCUT2D eigenvalue weighted by molar-refractivity contribution is -0.00833. The first-order valence-corrected chi connectivity index (χ1v) is 19.2. The zero-order chi connectivity index (χ0) is 35.9. The minimum Gasteiger partial charge on any atom is -0.490 e. The van der Waals surface area contributed by atoms with Gasteiger partial charge in [0.15, 0.2) is 0 Å². The van der Waals surface area contributed by atoms with Gasteiger partial charge in [0.2, 0.25) is 10.0 Å². The van der Waals surface area contributed by atoms with Crippen LogP contribution < -0.4 is 9.46 Å². The topological polar surface area (TPSA) is 143 Å². The summed E-state index contributed by atoms with van der Waals surface area (Å²) in [4.78, 5) is 15.8. The van der Waals surface area contributed by atoms with Gasteiger partial charge in [0.1, 0.15) is 11.6 Å². The molecule has 0 unspecified atom stereocenters. The van der Waals surface area contributed by atoms with Gasteiger partial charge < -0.3 is 19.5 Å². The van der Waals surface area contributed by atoms with Crippen LogP contribution in [0, 0.1) is 18.7 Å². The number of fused-ring (bicyclic) bond motifs is 1. The summed E-state index contributed by atoms with van der Waals surface area (Å²) in [6.45, 7) is 7.41. The number of ether oxygens (including phenoxy) is 2. The fourth-order valence-electron chi connectivity index (χ4n) is 5.52. The molecule has 0 saturated carbocycles. The standard InChI is InChI=1S/C35H46FN3O8S2/c1-24-9-14-31(15-10-24)49(44,45)38(5)22-34-25(2)21-39(26(3)23-40)35(41)32-20-29(37-48(42,43)30-16-11-28(36)12-17-30)13-18-33(32)47-27(4)8-6-7-19-46-34/h9-18,20,25-27,34,37,40H,6-8,19,21-23H2,1-5H3/t25-,26+,27+,34-/m0/s1. The average molecular weight is 720 g/mol. The molecule has 4 atom stereocenters. The molecule has 11 nitrogen and oxygen atoms in total. The summed E-state index contributed by atoms with van der Waals surface area (Å²) in [6, 6.07) is 14.7. The SMILES string of the molecule is Cc1ccc(S(=O)(=O)N(C)C[C@@H]2OCCCC[C@@H](C)Oc3ccc(NS(=O)(=O)c4ccc(F)cc4)cc3C(=O)N([C@H](C)CO)C[C@@H]2C)cc1. The molecule has 0 fully saturated rings. The van der Waals surface area contributed by atoms with Gasteiger partial charge >= 0.3 is 0 Å². The molecule has 49 heavy (non-hydrogen) atoms. The molecular weight excluding hydrogens is 674 g/mol. The second-order valence-corrected chi connectivity index (χ2v) is 16.4. The number of nitrogens with one attached hydrogen (secondary N) is 1. The zero-order valence-corrected chi connectivity index (χ0v) is 30.1. The molecule has 0 spiro atoms. The third-order valence-corrected chi connectivity index (χ3v) is 11.8. The predicted octanol–water partition coefficient (Wildman–Crippen LogP) is 5.05. The van der Waals surface area contributed by atoms with Crippen molar-refractivity contribution >= 4 is 31.6 Å². The number of anilines is 1. The highest BCUT2D eigenvalue weighted by Gasteiger charge is 2.32. The first kappa shape index (κ1) is 38.2. The number of aliphatic hydroxyl groups is 1. The second-order valence-electron chi connectivity index (χ2n) is 12.7. The Labute approximate surface area is 289 Å². The van der Waals surface area contributed by atoms with Crippen LogP contribution in [0.4, 0.5) is 10.1 Å². The van der Waals surface area contributed by atoms with E-state index in [4.69, 9.17) is 9.47 Å². The highest BCUT2D eigenvalue weighted by molar-refractivity contribution is 7.92. The molecule has 3 aromatic carbocycles. The Kier molecular flexibility index (Phi) is 12.8. The minimum absolute atomic E-state index is 0.0261. The Morgan fingerprint density at radius 3 is 2.31 bits per heavy atom. The number of sulfonamides is 2. The lowest BCUT2D eigenvalue weighted by atomic mass is 10.0. The lowest BCUT2D eigenvalue weighted by Crippen LogP contribution is -2.48. The number of halogens is 1. The Balaban J connectivity index is 1.67. The molecule has 0 aromatic heterocycles. The molecule has 1 aliphatic heterocycles. The van der Waals surface area contributed by atoms with Crippen molar-refractivity contribution in [3.05, 3.63) is 83.7 Å². The van der Waals surface area contributed by atoms with Gasteiger partial charge in [-0.2, -0.15) is 4.31 Å². The summed E-state index contributed by atoms with van der Waals surface area (Å²) in [6.07, 6.45) is 1.16. The number of likely N-dealkylation sites (N-methyl/N-ethyl adjacent to an activating group) is 1. The smallest absolute Gasteiger partial charge is 0.261 e. The van der Waals surface area contributed by atoms with E-state index < -0.39 is 43.9 Å². The molecule has 1 aliphatic rings. The molecule has 0 radical (unpaired) electrons. The molecular formula is C35H46FN3O8S2. The van der Waals surface area contributed by atoms with Gasteiger partial charge in [-0.25, -0.2) is 21.2 Å². The molecule has 1 amide bonds. The number of aryl methyl sites for hydroxylation is 1. The van der Waals surface area contributed by atoms with Crippen molar-refractivity contribution in [2.75, 3.05) is 38.1 Å². The molecule has 0 aliphatic carbocycles. The van der Waals surface area contributed by atoms with Crippen LogP contribution in [0.3, 0.4) is 0 Å². The Morgan fingerprint density at radius 2 is 1.65 bits per heavy atom. The summed E-state index contributed by atoms with van der Waals surface area (Å²) >= 11 is 0. The highest BCUT2D eigenvalue weighted by atomic mass is 32.2. The fraction of sp³-hybridized carbons (Fsp3) is 0.457. The summed E-state index contributed by atoms with van der Waals surface area (Å²) in [5, 5.41) is 10.2. The number of hydrogen-bond acceptors (Lipinski definition) is 8. The molecule has 1 heterocycles. The number of benzene rings is 3. The predicted molar refractivity (Wildman–Crippen MR) is 185 cm³/mol. The number of rotatable bonds is 9. The number of carbonyl (C=O) groups is 1. The lowest BCUT2D eigenvalue weighted by Gasteiger charge is -2.35. The van der Waals surface area contributed by atoms with Crippen LogP contribution in [0.1, 0.15) is 56.0 Å². The van der Waals surface area contributed by atoms with Crippen molar-refractivity contribution in [2.24, 2.45) is 5.92 Å². The van der Waals surface area contributed by atoms with E-state index >= 15 is 0 Å². The van der Waals surface area contributed by atoms with E-state index in [1.807, 2.05) is 20.8 Å². The largest absolute Gasteiger partial charge is 0.490 e. The Bertz CT molecular complexity index is 1790. The summed E-state index contributed by atoms with van der Waals surface area (Å²) in [7, 11) is -6.46. The molecule has 2 N–H and O–H groups in total. The van der Waals surface area contributed by atoms with Crippen molar-refractivity contribution in [1.29, 1.82) is 0 Å². The van der Waals surface area contributed by atoms with Crippen LogP contribution in [-0.2, 0) is 24.8 Å². The van der Waals surface area contributed by atoms with E-state index in [-0.39, 0.29) is 58.5 Å². The fourth-order valence-corrected chi connectivity index (χ4v) is 7.75. The average Bonchev–Trinajstić information content (AvgIpc) is 3.06. The van der Waals surface area contributed by atoms with Crippen molar-refractivity contribution in [3.63, 3.8) is 0 Å². The maximum Gasteiger partial charge on any atom is 0.261 e. The van der Waals surface area contributed by atoms with Crippen LogP contribution in [0.2, 0.25) is 0 Å². The van der Waals surface area contributed by atoms with Crippen molar-refractivity contribution in [1.82, 2.24) is 9.21 Å². The number of nitrogens with zero attached hydrogens (tertiary/aromatic N) is 2.